The van der Waals surface area contributed by atoms with Gasteiger partial charge < -0.3 is 15.5 Å². The molecule has 0 fully saturated rings. The predicted octanol–water partition coefficient (Wildman–Crippen LogP) is 1.83. The van der Waals surface area contributed by atoms with Gasteiger partial charge in [0.25, 0.3) is 0 Å². The Hall–Kier alpha value is -1.96. The Bertz CT molecular complexity index is 527. The van der Waals surface area contributed by atoms with Crippen molar-refractivity contribution in [3.63, 3.8) is 0 Å². The van der Waals surface area contributed by atoms with E-state index in [0.717, 1.165) is 17.8 Å². The highest BCUT2D eigenvalue weighted by Crippen LogP contribution is 2.13. The normalized spacial score (nSPS) is 10.3. The fourth-order valence-corrected chi connectivity index (χ4v) is 1.99. The van der Waals surface area contributed by atoms with Crippen LogP contribution in [-0.2, 0) is 6.54 Å². The van der Waals surface area contributed by atoms with E-state index in [0.29, 0.717) is 24.4 Å². The van der Waals surface area contributed by atoms with Crippen LogP contribution in [0.1, 0.15) is 18.2 Å². The third-order valence-corrected chi connectivity index (χ3v) is 3.24. The van der Waals surface area contributed by atoms with E-state index in [1.54, 1.807) is 11.3 Å². The van der Waals surface area contributed by atoms with E-state index in [9.17, 15) is 0 Å². The van der Waals surface area contributed by atoms with Gasteiger partial charge in [-0.25, -0.2) is 0 Å². The van der Waals surface area contributed by atoms with Crippen molar-refractivity contribution >= 4 is 29.2 Å². The minimum absolute atomic E-state index is 0.565. The van der Waals surface area contributed by atoms with Crippen molar-refractivity contribution < 1.29 is 0 Å². The van der Waals surface area contributed by atoms with E-state index < -0.39 is 0 Å². The number of aromatic nitrogens is 4. The summed E-state index contributed by atoms with van der Waals surface area (Å²) in [5.74, 6) is 1.79. The first kappa shape index (κ1) is 14.4. The van der Waals surface area contributed by atoms with Gasteiger partial charge in [0, 0.05) is 31.7 Å². The third kappa shape index (κ3) is 4.02. The highest BCUT2D eigenvalue weighted by Gasteiger charge is 2.08. The second-order valence-corrected chi connectivity index (χ2v) is 5.40. The van der Waals surface area contributed by atoms with Gasteiger partial charge in [-0.1, -0.05) is 6.92 Å². The predicted molar refractivity (Wildman–Crippen MR) is 82.4 cm³/mol. The van der Waals surface area contributed by atoms with Crippen molar-refractivity contribution in [1.29, 1.82) is 0 Å². The number of nitrogens with one attached hydrogen (secondary N) is 2. The Kier molecular flexibility index (Phi) is 5.05. The van der Waals surface area contributed by atoms with Gasteiger partial charge in [-0.15, -0.1) is 11.3 Å². The second kappa shape index (κ2) is 6.99. The molecule has 0 radical (unpaired) electrons. The summed E-state index contributed by atoms with van der Waals surface area (Å²) in [6, 6.07) is 0. The molecule has 0 spiro atoms. The molecule has 0 aromatic carbocycles. The summed E-state index contributed by atoms with van der Waals surface area (Å²) in [5.41, 5.74) is 1.81. The quantitative estimate of drug-likeness (QED) is 0.806. The van der Waals surface area contributed by atoms with E-state index in [-0.39, 0.29) is 0 Å². The second-order valence-electron chi connectivity index (χ2n) is 4.43. The van der Waals surface area contributed by atoms with Gasteiger partial charge in [-0.3, -0.25) is 4.98 Å². The molecule has 2 aromatic rings. The van der Waals surface area contributed by atoms with E-state index in [1.807, 2.05) is 30.7 Å². The molecule has 0 aliphatic carbocycles. The fourth-order valence-electron chi connectivity index (χ4n) is 1.46. The molecule has 2 aromatic heterocycles. The maximum Gasteiger partial charge on any atom is 0.231 e. The first-order chi connectivity index (χ1) is 9.69. The number of rotatable bonds is 7. The van der Waals surface area contributed by atoms with Crippen LogP contribution >= 0.6 is 11.3 Å². The largest absolute Gasteiger partial charge is 0.354 e. The lowest BCUT2D eigenvalue weighted by Crippen LogP contribution is -2.17. The highest BCUT2D eigenvalue weighted by atomic mass is 32.1. The first-order valence-electron chi connectivity index (χ1n) is 6.47. The van der Waals surface area contributed by atoms with Crippen molar-refractivity contribution in [2.45, 2.75) is 19.9 Å². The number of anilines is 3. The molecule has 0 aliphatic heterocycles. The third-order valence-electron chi connectivity index (χ3n) is 2.46. The van der Waals surface area contributed by atoms with Crippen molar-refractivity contribution in [3.8, 4) is 0 Å². The molecule has 0 aliphatic rings. The summed E-state index contributed by atoms with van der Waals surface area (Å²) in [6.07, 6.45) is 2.86. The molecule has 20 heavy (non-hydrogen) atoms. The SMILES string of the molecule is CCCNc1nc(NCc2cncs2)nc(N(C)C)n1. The van der Waals surface area contributed by atoms with Crippen LogP contribution in [0.15, 0.2) is 11.7 Å². The summed E-state index contributed by atoms with van der Waals surface area (Å²) in [7, 11) is 3.82. The smallest absolute Gasteiger partial charge is 0.231 e. The maximum atomic E-state index is 4.38. The van der Waals surface area contributed by atoms with Crippen LogP contribution in [0.5, 0.6) is 0 Å². The Morgan fingerprint density at radius 2 is 1.90 bits per heavy atom. The molecule has 0 saturated carbocycles. The molecule has 0 atom stereocenters. The van der Waals surface area contributed by atoms with Crippen LogP contribution < -0.4 is 15.5 Å². The van der Waals surface area contributed by atoms with Crippen LogP contribution in [-0.4, -0.2) is 40.6 Å². The van der Waals surface area contributed by atoms with Gasteiger partial charge in [-0.2, -0.15) is 15.0 Å². The zero-order valence-electron chi connectivity index (χ0n) is 11.9. The van der Waals surface area contributed by atoms with Crippen molar-refractivity contribution in [1.82, 2.24) is 19.9 Å². The molecular formula is C12H19N7S. The lowest BCUT2D eigenvalue weighted by Gasteiger charge is -2.13. The lowest BCUT2D eigenvalue weighted by atomic mass is 10.5. The monoisotopic (exact) mass is 293 g/mol. The molecule has 2 N–H and O–H groups in total. The average molecular weight is 293 g/mol. The van der Waals surface area contributed by atoms with Gasteiger partial charge in [-0.05, 0) is 6.42 Å². The van der Waals surface area contributed by atoms with Crippen LogP contribution in [0, 0.1) is 0 Å². The minimum atomic E-state index is 0.565. The molecule has 108 valence electrons. The van der Waals surface area contributed by atoms with Gasteiger partial charge in [0.15, 0.2) is 0 Å². The first-order valence-corrected chi connectivity index (χ1v) is 7.35. The van der Waals surface area contributed by atoms with Crippen molar-refractivity contribution in [2.24, 2.45) is 0 Å². The van der Waals surface area contributed by atoms with Crippen LogP contribution in [0.25, 0.3) is 0 Å². The van der Waals surface area contributed by atoms with Gasteiger partial charge in [0.05, 0.1) is 12.1 Å². The van der Waals surface area contributed by atoms with E-state index in [2.05, 4.69) is 37.5 Å². The Labute approximate surface area is 122 Å². The zero-order valence-corrected chi connectivity index (χ0v) is 12.7. The summed E-state index contributed by atoms with van der Waals surface area (Å²) >= 11 is 1.60. The van der Waals surface area contributed by atoms with Crippen LogP contribution in [0.3, 0.4) is 0 Å². The number of nitrogens with zero attached hydrogens (tertiary/aromatic N) is 5. The minimum Gasteiger partial charge on any atom is -0.354 e. The highest BCUT2D eigenvalue weighted by molar-refractivity contribution is 7.09. The summed E-state index contributed by atoms with van der Waals surface area (Å²) < 4.78 is 0. The Morgan fingerprint density at radius 1 is 1.15 bits per heavy atom. The molecule has 0 amide bonds. The molecule has 8 heteroatoms. The van der Waals surface area contributed by atoms with Crippen LogP contribution in [0.2, 0.25) is 0 Å². The molecule has 2 rings (SSSR count). The van der Waals surface area contributed by atoms with Crippen LogP contribution in [0.4, 0.5) is 17.8 Å². The van der Waals surface area contributed by atoms with Gasteiger partial charge >= 0.3 is 0 Å². The maximum absolute atomic E-state index is 4.38. The van der Waals surface area contributed by atoms with E-state index in [1.165, 1.54) is 0 Å². The Morgan fingerprint density at radius 3 is 2.50 bits per heavy atom. The molecule has 0 unspecified atom stereocenters. The van der Waals surface area contributed by atoms with E-state index in [4.69, 9.17) is 0 Å². The van der Waals surface area contributed by atoms with Gasteiger partial charge in [0.1, 0.15) is 0 Å². The summed E-state index contributed by atoms with van der Waals surface area (Å²) in [6.45, 7) is 3.60. The number of thiazole rings is 1. The van der Waals surface area contributed by atoms with Gasteiger partial charge in [0.2, 0.25) is 17.8 Å². The molecule has 0 saturated heterocycles. The number of hydrogen-bond donors (Lipinski definition) is 2. The molecular weight excluding hydrogens is 274 g/mol. The molecule has 7 nitrogen and oxygen atoms in total. The average Bonchev–Trinajstić information content (AvgIpc) is 2.96. The van der Waals surface area contributed by atoms with Crippen molar-refractivity contribution in [3.05, 3.63) is 16.6 Å². The lowest BCUT2D eigenvalue weighted by molar-refractivity contribution is 0.911. The van der Waals surface area contributed by atoms with E-state index >= 15 is 0 Å². The summed E-state index contributed by atoms with van der Waals surface area (Å²) in [4.78, 5) is 20.1. The summed E-state index contributed by atoms with van der Waals surface area (Å²) in [5, 5.41) is 6.39. The molecule has 2 heterocycles. The Balaban J connectivity index is 2.11. The molecule has 0 bridgehead atoms. The number of hydrogen-bond acceptors (Lipinski definition) is 8. The topological polar surface area (TPSA) is 78.9 Å². The standard InChI is InChI=1S/C12H19N7S/c1-4-5-14-10-16-11(18-12(17-10)19(2)3)15-7-9-6-13-8-20-9/h6,8H,4-5,7H2,1-3H3,(H2,14,15,16,17,18). The fraction of sp³-hybridized carbons (Fsp3) is 0.500. The zero-order chi connectivity index (χ0) is 14.4. The van der Waals surface area contributed by atoms with Crippen molar-refractivity contribution in [2.75, 3.05) is 36.2 Å².